The van der Waals surface area contributed by atoms with Crippen LogP contribution in [0.5, 0.6) is 0 Å². The zero-order valence-corrected chi connectivity index (χ0v) is 38.5. The standard InChI is InChI=1S/C50H32Cl2N4O8S3/c51-33-9-21-39(22-10-33)65(59,60)41-25-13-35(14-26-41)53-45-5-1-3-7-47(45)55(49(53)57)37-17-29-43(30-18-37)67(63,64)44-31-19-38(20-32-44)56-48-8-4-2-6-46(48)54(50(56)58)36-15-27-42(28-16-36)66(61,62)40-23-11-34(52)12-24-40/h1-32H. The lowest BCUT2D eigenvalue weighted by molar-refractivity contribution is 0.594. The van der Waals surface area contributed by atoms with Crippen molar-refractivity contribution in [2.75, 3.05) is 0 Å². The van der Waals surface area contributed by atoms with Crippen molar-refractivity contribution in [3.05, 3.63) is 225 Å². The molecule has 0 bridgehead atoms. The third-order valence-corrected chi connectivity index (χ3v) is 17.2. The number of para-hydroxylation sites is 4. The number of hydrogen-bond acceptors (Lipinski definition) is 8. The highest BCUT2D eigenvalue weighted by Gasteiger charge is 2.24. The molecule has 0 atom stereocenters. The Morgan fingerprint density at radius 1 is 0.269 bits per heavy atom. The number of sulfone groups is 3. The molecule has 0 amide bonds. The van der Waals surface area contributed by atoms with Crippen molar-refractivity contribution in [1.82, 2.24) is 18.3 Å². The number of benzene rings is 8. The van der Waals surface area contributed by atoms with Crippen molar-refractivity contribution < 1.29 is 25.3 Å². The molecule has 0 N–H and O–H groups in total. The van der Waals surface area contributed by atoms with E-state index >= 15 is 0 Å². The SMILES string of the molecule is O=c1n(-c2ccc(S(=O)(=O)c3ccc(Cl)cc3)cc2)c2ccccc2n1-c1ccc(S(=O)(=O)c2ccc(-n3c(=O)n(-c4ccc(S(=O)(=O)c5ccc(Cl)cc5)cc4)c4ccccc43)cc2)cc1. The molecule has 0 saturated carbocycles. The fourth-order valence-electron chi connectivity index (χ4n) is 8.03. The molecule has 0 spiro atoms. The topological polar surface area (TPSA) is 156 Å². The molecular formula is C50H32Cl2N4O8S3. The van der Waals surface area contributed by atoms with Crippen LogP contribution in [0.1, 0.15) is 0 Å². The van der Waals surface area contributed by atoms with Gasteiger partial charge in [0.1, 0.15) is 0 Å². The molecule has 0 aliphatic heterocycles. The number of fused-ring (bicyclic) bond motifs is 2. The van der Waals surface area contributed by atoms with Gasteiger partial charge in [-0.25, -0.2) is 34.8 Å². The lowest BCUT2D eigenvalue weighted by Gasteiger charge is -2.09. The van der Waals surface area contributed by atoms with Crippen LogP contribution in [0.3, 0.4) is 0 Å². The van der Waals surface area contributed by atoms with Gasteiger partial charge in [0.2, 0.25) is 29.5 Å². The number of halogens is 2. The Kier molecular flexibility index (Phi) is 10.8. The lowest BCUT2D eigenvalue weighted by Crippen LogP contribution is -2.22. The van der Waals surface area contributed by atoms with Gasteiger partial charge in [0.05, 0.1) is 74.2 Å². The maximum Gasteiger partial charge on any atom is 0.338 e. The Morgan fingerprint density at radius 2 is 0.448 bits per heavy atom. The monoisotopic (exact) mass is 982 g/mol. The van der Waals surface area contributed by atoms with Gasteiger partial charge in [0.25, 0.3) is 0 Å². The van der Waals surface area contributed by atoms with Gasteiger partial charge >= 0.3 is 11.4 Å². The van der Waals surface area contributed by atoms with Crippen molar-refractivity contribution in [3.63, 3.8) is 0 Å². The minimum atomic E-state index is -4.09. The summed E-state index contributed by atoms with van der Waals surface area (Å²) in [5.41, 5.74) is 2.85. The van der Waals surface area contributed by atoms with Crippen LogP contribution >= 0.6 is 23.2 Å². The lowest BCUT2D eigenvalue weighted by atomic mass is 10.2. The summed E-state index contributed by atoms with van der Waals surface area (Å²) in [6, 6.07) is 49.6. The number of hydrogen-bond donors (Lipinski definition) is 0. The molecule has 0 unspecified atom stereocenters. The molecule has 0 aliphatic rings. The van der Waals surface area contributed by atoms with E-state index in [9.17, 15) is 34.8 Å². The molecule has 2 heterocycles. The van der Waals surface area contributed by atoms with Gasteiger partial charge in [-0.1, -0.05) is 47.5 Å². The van der Waals surface area contributed by atoms with Crippen molar-refractivity contribution in [2.45, 2.75) is 29.4 Å². The van der Waals surface area contributed by atoms with Crippen LogP contribution in [0.2, 0.25) is 10.0 Å². The highest BCUT2D eigenvalue weighted by Crippen LogP contribution is 2.30. The normalized spacial score (nSPS) is 12.2. The van der Waals surface area contributed by atoms with Crippen LogP contribution < -0.4 is 11.4 Å². The van der Waals surface area contributed by atoms with E-state index in [1.54, 1.807) is 72.8 Å². The summed E-state index contributed by atoms with van der Waals surface area (Å²) in [7, 11) is -11.8. The summed E-state index contributed by atoms with van der Waals surface area (Å²) in [6.45, 7) is 0. The molecule has 0 aliphatic carbocycles. The maximum absolute atomic E-state index is 14.2. The van der Waals surface area contributed by atoms with Crippen molar-refractivity contribution in [1.29, 1.82) is 0 Å². The number of nitrogens with zero attached hydrogens (tertiary/aromatic N) is 4. The quantitative estimate of drug-likeness (QED) is 0.131. The molecular weight excluding hydrogens is 952 g/mol. The molecule has 8 aromatic carbocycles. The van der Waals surface area contributed by atoms with Crippen molar-refractivity contribution >= 4 is 74.8 Å². The largest absolute Gasteiger partial charge is 0.338 e. The van der Waals surface area contributed by atoms with Crippen LogP contribution in [0.15, 0.2) is 233 Å². The minimum Gasteiger partial charge on any atom is -0.260 e. The highest BCUT2D eigenvalue weighted by atomic mass is 35.5. The first-order valence-corrected chi connectivity index (χ1v) is 25.5. The van der Waals surface area contributed by atoms with Gasteiger partial charge in [0.15, 0.2) is 0 Å². The summed E-state index contributed by atoms with van der Waals surface area (Å²) < 4.78 is 87.1. The van der Waals surface area contributed by atoms with Gasteiger partial charge in [0, 0.05) is 10.0 Å². The van der Waals surface area contributed by atoms with Crippen LogP contribution in [0.4, 0.5) is 0 Å². The minimum absolute atomic E-state index is 0.0337. The summed E-state index contributed by atoms with van der Waals surface area (Å²) in [5.74, 6) is 0. The molecule has 0 saturated heterocycles. The average Bonchev–Trinajstić information content (AvgIpc) is 3.81. The molecule has 17 heteroatoms. The van der Waals surface area contributed by atoms with Gasteiger partial charge in [-0.15, -0.1) is 0 Å². The van der Waals surface area contributed by atoms with Gasteiger partial charge < -0.3 is 0 Å². The second-order valence-corrected chi connectivity index (χ2v) is 22.0. The Hall–Kier alpha value is -7.27. The van der Waals surface area contributed by atoms with Crippen molar-refractivity contribution in [2.24, 2.45) is 0 Å². The molecule has 2 aromatic heterocycles. The first-order chi connectivity index (χ1) is 32.1. The van der Waals surface area contributed by atoms with Gasteiger partial charge in [-0.2, -0.15) is 0 Å². The maximum atomic E-state index is 14.2. The van der Waals surface area contributed by atoms with Crippen LogP contribution in [0, 0.1) is 0 Å². The predicted octanol–water partition coefficient (Wildman–Crippen LogP) is 9.68. The van der Waals surface area contributed by atoms with Gasteiger partial charge in [-0.3, -0.25) is 18.3 Å². The third kappa shape index (κ3) is 7.50. The first kappa shape index (κ1) is 43.6. The molecule has 332 valence electrons. The highest BCUT2D eigenvalue weighted by molar-refractivity contribution is 7.92. The molecule has 0 radical (unpaired) electrons. The van der Waals surface area contributed by atoms with Gasteiger partial charge in [-0.05, 0) is 170 Å². The van der Waals surface area contributed by atoms with E-state index in [0.717, 1.165) is 0 Å². The fourth-order valence-corrected chi connectivity index (χ4v) is 12.1. The summed E-state index contributed by atoms with van der Waals surface area (Å²) >= 11 is 11.9. The Balaban J connectivity index is 0.935. The number of imidazole rings is 2. The van der Waals surface area contributed by atoms with E-state index in [-0.39, 0.29) is 29.4 Å². The number of rotatable bonds is 10. The van der Waals surface area contributed by atoms with E-state index in [1.165, 1.54) is 140 Å². The van der Waals surface area contributed by atoms with E-state index in [2.05, 4.69) is 0 Å². The zero-order valence-electron chi connectivity index (χ0n) is 34.5. The van der Waals surface area contributed by atoms with Crippen LogP contribution in [0.25, 0.3) is 44.8 Å². The van der Waals surface area contributed by atoms with Crippen molar-refractivity contribution in [3.8, 4) is 22.7 Å². The third-order valence-electron chi connectivity index (χ3n) is 11.4. The fraction of sp³-hybridized carbons (Fsp3) is 0. The summed E-state index contributed by atoms with van der Waals surface area (Å²) in [6.07, 6.45) is 0. The smallest absolute Gasteiger partial charge is 0.260 e. The number of aromatic nitrogens is 4. The van der Waals surface area contributed by atoms with E-state index in [4.69, 9.17) is 23.2 Å². The Labute approximate surface area is 393 Å². The van der Waals surface area contributed by atoms with Crippen LogP contribution in [-0.2, 0) is 29.5 Å². The first-order valence-electron chi connectivity index (χ1n) is 20.3. The Bertz CT molecular complexity index is 3780. The predicted molar refractivity (Wildman–Crippen MR) is 257 cm³/mol. The molecule has 10 aromatic rings. The van der Waals surface area contributed by atoms with E-state index in [1.807, 2.05) is 0 Å². The van der Waals surface area contributed by atoms with E-state index in [0.29, 0.717) is 54.9 Å². The Morgan fingerprint density at radius 3 is 0.642 bits per heavy atom. The zero-order chi connectivity index (χ0) is 46.8. The molecule has 67 heavy (non-hydrogen) atoms. The second-order valence-electron chi connectivity index (χ2n) is 15.3. The van der Waals surface area contributed by atoms with E-state index < -0.39 is 40.9 Å². The summed E-state index contributed by atoms with van der Waals surface area (Å²) in [4.78, 5) is 28.6. The second kappa shape index (κ2) is 16.6. The van der Waals surface area contributed by atoms with Crippen LogP contribution in [-0.4, -0.2) is 43.5 Å². The molecule has 12 nitrogen and oxygen atoms in total. The molecule has 10 rings (SSSR count). The summed E-state index contributed by atoms with van der Waals surface area (Å²) in [5, 5.41) is 0.809. The average molecular weight is 984 g/mol. The molecule has 0 fully saturated rings.